The minimum Gasteiger partial charge on any atom is -0.481 e. The summed E-state index contributed by atoms with van der Waals surface area (Å²) in [6, 6.07) is 2.12. The summed E-state index contributed by atoms with van der Waals surface area (Å²) in [6.07, 6.45) is 3.08. The Morgan fingerprint density at radius 3 is 2.38 bits per heavy atom. The normalized spacial score (nSPS) is 21.8. The summed E-state index contributed by atoms with van der Waals surface area (Å²) in [6.45, 7) is 0. The van der Waals surface area contributed by atoms with E-state index in [9.17, 15) is 20.0 Å². The molecule has 0 spiro atoms. The first-order chi connectivity index (χ1) is 9.90. The predicted octanol–water partition coefficient (Wildman–Crippen LogP) is 3.96. The smallest absolute Gasteiger partial charge is 0.308 e. The van der Waals surface area contributed by atoms with Crippen molar-refractivity contribution in [1.82, 2.24) is 0 Å². The van der Waals surface area contributed by atoms with Crippen molar-refractivity contribution in [3.05, 3.63) is 32.3 Å². The summed E-state index contributed by atoms with van der Waals surface area (Å²) in [5.41, 5.74) is 0.149. The SMILES string of the molecule is O=C(O)C1CCCCC1Nc1c(Cl)cc([N+](=O)[O-])cc1Cl. The highest BCUT2D eigenvalue weighted by atomic mass is 35.5. The van der Waals surface area contributed by atoms with Gasteiger partial charge in [-0.3, -0.25) is 14.9 Å². The molecule has 1 fully saturated rings. The molecule has 2 atom stereocenters. The van der Waals surface area contributed by atoms with E-state index in [1.807, 2.05) is 0 Å². The maximum Gasteiger partial charge on any atom is 0.308 e. The van der Waals surface area contributed by atoms with Gasteiger partial charge in [-0.15, -0.1) is 0 Å². The van der Waals surface area contributed by atoms with Crippen molar-refractivity contribution < 1.29 is 14.8 Å². The molecule has 2 unspecified atom stereocenters. The van der Waals surface area contributed by atoms with Crippen molar-refractivity contribution in [2.45, 2.75) is 31.7 Å². The van der Waals surface area contributed by atoms with Gasteiger partial charge in [-0.1, -0.05) is 36.0 Å². The number of nitrogens with zero attached hydrogens (tertiary/aromatic N) is 1. The summed E-state index contributed by atoms with van der Waals surface area (Å²) in [5, 5.41) is 23.3. The van der Waals surface area contributed by atoms with Gasteiger partial charge in [0, 0.05) is 18.2 Å². The van der Waals surface area contributed by atoms with Crippen LogP contribution in [-0.2, 0) is 4.79 Å². The van der Waals surface area contributed by atoms with Crippen LogP contribution < -0.4 is 5.32 Å². The number of rotatable bonds is 4. The first-order valence-corrected chi connectivity index (χ1v) is 7.28. The average Bonchev–Trinajstić information content (AvgIpc) is 2.42. The molecule has 1 aromatic rings. The van der Waals surface area contributed by atoms with E-state index < -0.39 is 16.8 Å². The van der Waals surface area contributed by atoms with Crippen molar-refractivity contribution in [2.24, 2.45) is 5.92 Å². The molecule has 0 aromatic heterocycles. The van der Waals surface area contributed by atoms with Gasteiger partial charge >= 0.3 is 5.97 Å². The molecular weight excluding hydrogens is 319 g/mol. The highest BCUT2D eigenvalue weighted by Gasteiger charge is 2.31. The number of aliphatic carboxylic acids is 1. The number of hydrogen-bond donors (Lipinski definition) is 2. The van der Waals surface area contributed by atoms with Gasteiger partial charge in [-0.25, -0.2) is 0 Å². The van der Waals surface area contributed by atoms with Gasteiger partial charge in [0.15, 0.2) is 0 Å². The quantitative estimate of drug-likeness (QED) is 0.643. The van der Waals surface area contributed by atoms with E-state index in [-0.39, 0.29) is 21.8 Å². The van der Waals surface area contributed by atoms with Crippen LogP contribution in [0.5, 0.6) is 0 Å². The molecule has 0 amide bonds. The molecule has 0 radical (unpaired) electrons. The zero-order chi connectivity index (χ0) is 15.6. The molecule has 2 rings (SSSR count). The maximum atomic E-state index is 11.3. The number of nitro groups is 1. The Kier molecular flexibility index (Phi) is 4.90. The molecule has 0 heterocycles. The summed E-state index contributed by atoms with van der Waals surface area (Å²) in [5.74, 6) is -1.37. The molecule has 0 bridgehead atoms. The predicted molar refractivity (Wildman–Crippen MR) is 80.1 cm³/mol. The standard InChI is InChI=1S/C13H14Cl2N2O4/c14-9-5-7(17(20)21)6-10(15)12(9)16-11-4-2-1-3-8(11)13(18)19/h5-6,8,11,16H,1-4H2,(H,18,19). The number of benzene rings is 1. The Bertz CT molecular complexity index is 556. The van der Waals surface area contributed by atoms with E-state index >= 15 is 0 Å². The maximum absolute atomic E-state index is 11.3. The molecule has 1 aliphatic carbocycles. The molecule has 1 aliphatic rings. The summed E-state index contributed by atoms with van der Waals surface area (Å²) >= 11 is 12.1. The van der Waals surface area contributed by atoms with E-state index in [1.165, 1.54) is 12.1 Å². The number of anilines is 1. The third-order valence-corrected chi connectivity index (χ3v) is 4.25. The fraction of sp³-hybridized carbons (Fsp3) is 0.462. The van der Waals surface area contributed by atoms with Crippen LogP contribution in [-0.4, -0.2) is 22.0 Å². The monoisotopic (exact) mass is 332 g/mol. The van der Waals surface area contributed by atoms with Gasteiger partial charge in [0.05, 0.1) is 26.6 Å². The van der Waals surface area contributed by atoms with E-state index in [0.29, 0.717) is 18.5 Å². The third kappa shape index (κ3) is 3.57. The fourth-order valence-corrected chi connectivity index (χ4v) is 3.17. The molecule has 1 aromatic carbocycles. The van der Waals surface area contributed by atoms with Gasteiger partial charge in [0.25, 0.3) is 5.69 Å². The molecule has 0 aliphatic heterocycles. The van der Waals surface area contributed by atoms with Crippen molar-refractivity contribution in [1.29, 1.82) is 0 Å². The molecule has 114 valence electrons. The minimum atomic E-state index is -0.860. The molecule has 21 heavy (non-hydrogen) atoms. The number of hydrogen-bond acceptors (Lipinski definition) is 4. The molecule has 8 heteroatoms. The Morgan fingerprint density at radius 1 is 1.29 bits per heavy atom. The van der Waals surface area contributed by atoms with Gasteiger partial charge in [-0.05, 0) is 12.8 Å². The second kappa shape index (κ2) is 6.49. The van der Waals surface area contributed by atoms with E-state index in [2.05, 4.69) is 5.32 Å². The first kappa shape index (κ1) is 15.9. The van der Waals surface area contributed by atoms with E-state index in [0.717, 1.165) is 12.8 Å². The number of halogens is 2. The van der Waals surface area contributed by atoms with Gasteiger partial charge in [0.1, 0.15) is 0 Å². The van der Waals surface area contributed by atoms with Crippen molar-refractivity contribution >= 4 is 40.5 Å². The Morgan fingerprint density at radius 2 is 1.86 bits per heavy atom. The Labute approximate surface area is 131 Å². The molecule has 1 saturated carbocycles. The highest BCUT2D eigenvalue weighted by molar-refractivity contribution is 6.39. The average molecular weight is 333 g/mol. The molecule has 0 saturated heterocycles. The van der Waals surface area contributed by atoms with Crippen LogP contribution in [0.2, 0.25) is 10.0 Å². The lowest BCUT2D eigenvalue weighted by Gasteiger charge is -2.30. The van der Waals surface area contributed by atoms with Crippen molar-refractivity contribution in [2.75, 3.05) is 5.32 Å². The molecule has 2 N–H and O–H groups in total. The van der Waals surface area contributed by atoms with Crippen LogP contribution in [0.3, 0.4) is 0 Å². The number of carbonyl (C=O) groups is 1. The van der Waals surface area contributed by atoms with Crippen molar-refractivity contribution in [3.63, 3.8) is 0 Å². The lowest BCUT2D eigenvalue weighted by atomic mass is 9.84. The summed E-state index contributed by atoms with van der Waals surface area (Å²) in [4.78, 5) is 21.4. The summed E-state index contributed by atoms with van der Waals surface area (Å²) < 4.78 is 0. The third-order valence-electron chi connectivity index (χ3n) is 3.65. The Balaban J connectivity index is 2.26. The minimum absolute atomic E-state index is 0.115. The Hall–Kier alpha value is -1.53. The zero-order valence-corrected chi connectivity index (χ0v) is 12.5. The number of carboxylic acid groups (broad SMARTS) is 1. The largest absolute Gasteiger partial charge is 0.481 e. The lowest BCUT2D eigenvalue weighted by molar-refractivity contribution is -0.384. The van der Waals surface area contributed by atoms with Crippen LogP contribution in [0.4, 0.5) is 11.4 Å². The van der Waals surface area contributed by atoms with Crippen LogP contribution in [0, 0.1) is 16.0 Å². The second-order valence-electron chi connectivity index (χ2n) is 5.02. The number of carboxylic acids is 1. The van der Waals surface area contributed by atoms with E-state index in [1.54, 1.807) is 0 Å². The number of non-ortho nitro benzene ring substituents is 1. The number of nitrogens with one attached hydrogen (secondary N) is 1. The number of nitro benzene ring substituents is 1. The van der Waals surface area contributed by atoms with E-state index in [4.69, 9.17) is 23.2 Å². The first-order valence-electron chi connectivity index (χ1n) is 6.53. The summed E-state index contributed by atoms with van der Waals surface area (Å²) in [7, 11) is 0. The fourth-order valence-electron chi connectivity index (χ4n) is 2.59. The van der Waals surface area contributed by atoms with Crippen LogP contribution >= 0.6 is 23.2 Å². The van der Waals surface area contributed by atoms with Gasteiger partial charge in [-0.2, -0.15) is 0 Å². The second-order valence-corrected chi connectivity index (χ2v) is 5.84. The van der Waals surface area contributed by atoms with Gasteiger partial charge in [0.2, 0.25) is 0 Å². The van der Waals surface area contributed by atoms with Crippen LogP contribution in [0.15, 0.2) is 12.1 Å². The highest BCUT2D eigenvalue weighted by Crippen LogP contribution is 2.37. The lowest BCUT2D eigenvalue weighted by Crippen LogP contribution is -2.37. The molecular formula is C13H14Cl2N2O4. The molecule has 6 nitrogen and oxygen atoms in total. The topological polar surface area (TPSA) is 92.5 Å². The van der Waals surface area contributed by atoms with Gasteiger partial charge < -0.3 is 10.4 Å². The van der Waals surface area contributed by atoms with Crippen LogP contribution in [0.25, 0.3) is 0 Å². The van der Waals surface area contributed by atoms with Crippen molar-refractivity contribution in [3.8, 4) is 0 Å². The zero-order valence-electron chi connectivity index (χ0n) is 11.0. The van der Waals surface area contributed by atoms with Crippen LogP contribution in [0.1, 0.15) is 25.7 Å².